The Balaban J connectivity index is 2.13. The minimum atomic E-state index is 0.0552. The van der Waals surface area contributed by atoms with E-state index in [4.69, 9.17) is 11.6 Å². The van der Waals surface area contributed by atoms with Crippen molar-refractivity contribution >= 4 is 17.4 Å². The van der Waals surface area contributed by atoms with Crippen molar-refractivity contribution in [2.24, 2.45) is 0 Å². The molecule has 16 heavy (non-hydrogen) atoms. The van der Waals surface area contributed by atoms with Gasteiger partial charge in [0.1, 0.15) is 5.82 Å². The lowest BCUT2D eigenvalue weighted by Gasteiger charge is -2.16. The minimum Gasteiger partial charge on any atom is -0.361 e. The van der Waals surface area contributed by atoms with Gasteiger partial charge in [-0.25, -0.2) is 4.98 Å². The van der Waals surface area contributed by atoms with Gasteiger partial charge in [-0.05, 0) is 5.56 Å². The Labute approximate surface area is 99.5 Å². The van der Waals surface area contributed by atoms with Crippen LogP contribution in [0.4, 0.5) is 5.82 Å². The monoisotopic (exact) mass is 233 g/mol. The van der Waals surface area contributed by atoms with Crippen LogP contribution in [0.5, 0.6) is 0 Å². The molecule has 1 heterocycles. The first-order valence-electron chi connectivity index (χ1n) is 5.03. The van der Waals surface area contributed by atoms with Gasteiger partial charge in [0.05, 0.1) is 12.2 Å². The van der Waals surface area contributed by atoms with E-state index in [0.717, 1.165) is 11.4 Å². The van der Waals surface area contributed by atoms with Crippen molar-refractivity contribution in [3.63, 3.8) is 0 Å². The van der Waals surface area contributed by atoms with Crippen LogP contribution in [0.25, 0.3) is 0 Å². The highest BCUT2D eigenvalue weighted by atomic mass is 35.5. The third kappa shape index (κ3) is 2.70. The molecule has 1 aromatic heterocycles. The van der Waals surface area contributed by atoms with Crippen LogP contribution in [0.15, 0.2) is 48.9 Å². The summed E-state index contributed by atoms with van der Waals surface area (Å²) >= 11 is 5.94. The molecule has 0 radical (unpaired) electrons. The van der Waals surface area contributed by atoms with E-state index in [1.165, 1.54) is 0 Å². The number of alkyl halides is 1. The number of anilines is 1. The third-order valence-corrected chi connectivity index (χ3v) is 2.55. The maximum Gasteiger partial charge on any atom is 0.144 e. The average Bonchev–Trinajstić information content (AvgIpc) is 2.38. The second-order valence-corrected chi connectivity index (χ2v) is 3.66. The van der Waals surface area contributed by atoms with E-state index in [9.17, 15) is 0 Å². The van der Waals surface area contributed by atoms with Crippen LogP contribution in [0.1, 0.15) is 11.6 Å². The molecule has 1 unspecified atom stereocenters. The molecule has 0 aliphatic rings. The fraction of sp³-hybridized carbons (Fsp3) is 0.167. The van der Waals surface area contributed by atoms with Gasteiger partial charge in [-0.1, -0.05) is 30.3 Å². The quantitative estimate of drug-likeness (QED) is 0.826. The van der Waals surface area contributed by atoms with Crippen LogP contribution in [0, 0.1) is 0 Å². The van der Waals surface area contributed by atoms with Gasteiger partial charge in [0, 0.05) is 18.3 Å². The maximum atomic E-state index is 5.94. The fourth-order valence-electron chi connectivity index (χ4n) is 1.45. The lowest BCUT2D eigenvalue weighted by molar-refractivity contribution is 0.879. The molecule has 2 aromatic rings. The normalized spacial score (nSPS) is 12.1. The number of aromatic nitrogens is 2. The molecule has 1 N–H and O–H groups in total. The molecule has 0 aliphatic heterocycles. The maximum absolute atomic E-state index is 5.94. The van der Waals surface area contributed by atoms with E-state index in [0.29, 0.717) is 5.88 Å². The molecule has 2 rings (SSSR count). The van der Waals surface area contributed by atoms with E-state index in [-0.39, 0.29) is 6.04 Å². The zero-order chi connectivity index (χ0) is 11.2. The molecule has 0 aliphatic carbocycles. The SMILES string of the molecule is ClCC(Nc1cnccn1)c1ccccc1. The molecule has 0 bridgehead atoms. The van der Waals surface area contributed by atoms with Crippen molar-refractivity contribution < 1.29 is 0 Å². The van der Waals surface area contributed by atoms with Gasteiger partial charge in [-0.2, -0.15) is 0 Å². The molecule has 0 amide bonds. The summed E-state index contributed by atoms with van der Waals surface area (Å²) in [5, 5.41) is 3.24. The molecule has 0 fully saturated rings. The molecule has 82 valence electrons. The van der Waals surface area contributed by atoms with E-state index in [2.05, 4.69) is 15.3 Å². The van der Waals surface area contributed by atoms with Crippen molar-refractivity contribution in [2.45, 2.75) is 6.04 Å². The predicted octanol–water partition coefficient (Wildman–Crippen LogP) is 2.87. The zero-order valence-corrected chi connectivity index (χ0v) is 9.43. The Morgan fingerprint density at radius 2 is 2.00 bits per heavy atom. The second kappa shape index (κ2) is 5.47. The summed E-state index contributed by atoms with van der Waals surface area (Å²) in [5.74, 6) is 1.22. The number of hydrogen-bond donors (Lipinski definition) is 1. The number of rotatable bonds is 4. The van der Waals surface area contributed by atoms with Gasteiger partial charge < -0.3 is 5.32 Å². The van der Waals surface area contributed by atoms with Crippen molar-refractivity contribution in [1.82, 2.24) is 9.97 Å². The van der Waals surface area contributed by atoms with Crippen molar-refractivity contribution in [2.75, 3.05) is 11.2 Å². The Kier molecular flexibility index (Phi) is 3.72. The van der Waals surface area contributed by atoms with Crippen molar-refractivity contribution in [3.8, 4) is 0 Å². The third-order valence-electron chi connectivity index (χ3n) is 2.24. The van der Waals surface area contributed by atoms with E-state index < -0.39 is 0 Å². The van der Waals surface area contributed by atoms with Gasteiger partial charge in [0.25, 0.3) is 0 Å². The smallest absolute Gasteiger partial charge is 0.144 e. The summed E-state index contributed by atoms with van der Waals surface area (Å²) in [6, 6.07) is 10.1. The number of hydrogen-bond acceptors (Lipinski definition) is 3. The molecular formula is C12H12ClN3. The van der Waals surface area contributed by atoms with Gasteiger partial charge in [-0.15, -0.1) is 11.6 Å². The van der Waals surface area contributed by atoms with Crippen LogP contribution in [-0.4, -0.2) is 15.8 Å². The average molecular weight is 234 g/mol. The summed E-state index contributed by atoms with van der Waals surface area (Å²) < 4.78 is 0. The number of halogens is 1. The van der Waals surface area contributed by atoms with Crippen LogP contribution in [-0.2, 0) is 0 Å². The number of nitrogens with one attached hydrogen (secondary N) is 1. The van der Waals surface area contributed by atoms with Crippen LogP contribution in [0.3, 0.4) is 0 Å². The molecular weight excluding hydrogens is 222 g/mol. The van der Waals surface area contributed by atoms with E-state index in [1.807, 2.05) is 30.3 Å². The zero-order valence-electron chi connectivity index (χ0n) is 8.68. The Morgan fingerprint density at radius 3 is 2.62 bits per heavy atom. The van der Waals surface area contributed by atoms with Crippen LogP contribution < -0.4 is 5.32 Å². The van der Waals surface area contributed by atoms with Crippen LogP contribution >= 0.6 is 11.6 Å². The molecule has 0 saturated carbocycles. The number of benzene rings is 1. The molecule has 3 nitrogen and oxygen atoms in total. The van der Waals surface area contributed by atoms with Gasteiger partial charge >= 0.3 is 0 Å². The molecule has 4 heteroatoms. The van der Waals surface area contributed by atoms with Gasteiger partial charge in [-0.3, -0.25) is 4.98 Å². The molecule has 1 aromatic carbocycles. The summed E-state index contributed by atoms with van der Waals surface area (Å²) in [7, 11) is 0. The first-order valence-corrected chi connectivity index (χ1v) is 5.57. The number of nitrogens with zero attached hydrogens (tertiary/aromatic N) is 2. The Hall–Kier alpha value is -1.61. The first-order chi connectivity index (χ1) is 7.90. The summed E-state index contributed by atoms with van der Waals surface area (Å²) in [5.41, 5.74) is 1.14. The Bertz CT molecular complexity index is 419. The minimum absolute atomic E-state index is 0.0552. The van der Waals surface area contributed by atoms with E-state index in [1.54, 1.807) is 18.6 Å². The highest BCUT2D eigenvalue weighted by Crippen LogP contribution is 2.18. The predicted molar refractivity (Wildman–Crippen MR) is 65.6 cm³/mol. The van der Waals surface area contributed by atoms with Gasteiger partial charge in [0.15, 0.2) is 0 Å². The summed E-state index contributed by atoms with van der Waals surface area (Å²) in [6.45, 7) is 0. The topological polar surface area (TPSA) is 37.8 Å². The molecule has 0 spiro atoms. The second-order valence-electron chi connectivity index (χ2n) is 3.35. The highest BCUT2D eigenvalue weighted by Gasteiger charge is 2.09. The highest BCUT2D eigenvalue weighted by molar-refractivity contribution is 6.18. The summed E-state index contributed by atoms with van der Waals surface area (Å²) in [6.07, 6.45) is 4.98. The lowest BCUT2D eigenvalue weighted by atomic mass is 10.1. The van der Waals surface area contributed by atoms with Crippen molar-refractivity contribution in [1.29, 1.82) is 0 Å². The van der Waals surface area contributed by atoms with Gasteiger partial charge in [0.2, 0.25) is 0 Å². The first kappa shape index (κ1) is 10.9. The molecule has 0 saturated heterocycles. The summed E-state index contributed by atoms with van der Waals surface area (Å²) in [4.78, 5) is 8.16. The largest absolute Gasteiger partial charge is 0.361 e. The lowest BCUT2D eigenvalue weighted by Crippen LogP contribution is -2.13. The molecule has 1 atom stereocenters. The standard InChI is InChI=1S/C12H12ClN3/c13-8-11(10-4-2-1-3-5-10)16-12-9-14-6-7-15-12/h1-7,9,11H,8H2,(H,15,16). The fourth-order valence-corrected chi connectivity index (χ4v) is 1.70. The Morgan fingerprint density at radius 1 is 1.19 bits per heavy atom. The van der Waals surface area contributed by atoms with Crippen molar-refractivity contribution in [3.05, 3.63) is 54.5 Å². The van der Waals surface area contributed by atoms with Crippen LogP contribution in [0.2, 0.25) is 0 Å². The van der Waals surface area contributed by atoms with E-state index >= 15 is 0 Å².